The van der Waals surface area contributed by atoms with Gasteiger partial charge < -0.3 is 15.0 Å². The molecule has 5 fully saturated rings. The van der Waals surface area contributed by atoms with E-state index >= 15 is 0 Å². The van der Waals surface area contributed by atoms with Crippen molar-refractivity contribution < 1.29 is 9.53 Å². The molecule has 0 aromatic carbocycles. The third-order valence-corrected chi connectivity index (χ3v) is 7.68. The maximum absolute atomic E-state index is 12.6. The fraction of sp³-hybridized carbons (Fsp3) is 0.773. The van der Waals surface area contributed by atoms with Gasteiger partial charge >= 0.3 is 0 Å². The van der Waals surface area contributed by atoms with Crippen LogP contribution < -0.4 is 10.9 Å². The van der Waals surface area contributed by atoms with Gasteiger partial charge in [-0.2, -0.15) is 0 Å². The first-order valence-electron chi connectivity index (χ1n) is 11.1. The molecule has 0 spiro atoms. The van der Waals surface area contributed by atoms with E-state index in [-0.39, 0.29) is 22.4 Å². The third kappa shape index (κ3) is 3.40. The number of nitrogens with zero attached hydrogens (tertiary/aromatic N) is 1. The van der Waals surface area contributed by atoms with Gasteiger partial charge in [-0.15, -0.1) is 0 Å². The van der Waals surface area contributed by atoms with Crippen molar-refractivity contribution in [3.63, 3.8) is 0 Å². The Bertz CT molecular complexity index is 761. The molecule has 1 aromatic heterocycles. The van der Waals surface area contributed by atoms with Crippen LogP contribution in [0.15, 0.2) is 11.0 Å². The van der Waals surface area contributed by atoms with E-state index in [1.807, 2.05) is 0 Å². The summed E-state index contributed by atoms with van der Waals surface area (Å²) >= 11 is 0. The Kier molecular flexibility index (Phi) is 4.77. The maximum atomic E-state index is 12.6. The summed E-state index contributed by atoms with van der Waals surface area (Å²) in [6.07, 6.45) is 12.1. The van der Waals surface area contributed by atoms with E-state index < -0.39 is 0 Å². The highest BCUT2D eigenvalue weighted by Crippen LogP contribution is 2.59. The predicted molar refractivity (Wildman–Crippen MR) is 105 cm³/mol. The van der Waals surface area contributed by atoms with Crippen LogP contribution in [0, 0.1) is 23.7 Å². The molecular formula is C22H31N3O3. The summed E-state index contributed by atoms with van der Waals surface area (Å²) in [7, 11) is 0. The average Bonchev–Trinajstić information content (AvgIpc) is 3.17. The van der Waals surface area contributed by atoms with Gasteiger partial charge in [-0.3, -0.25) is 9.59 Å². The normalized spacial score (nSPS) is 36.0. The summed E-state index contributed by atoms with van der Waals surface area (Å²) in [4.78, 5) is 32.7. The minimum absolute atomic E-state index is 0.0479. The van der Waals surface area contributed by atoms with Crippen molar-refractivity contribution in [1.82, 2.24) is 15.3 Å². The van der Waals surface area contributed by atoms with Gasteiger partial charge in [0, 0.05) is 31.4 Å². The van der Waals surface area contributed by atoms with Crippen LogP contribution >= 0.6 is 0 Å². The number of hydrogen-bond donors (Lipinski definition) is 2. The van der Waals surface area contributed by atoms with Crippen molar-refractivity contribution in [3.8, 4) is 0 Å². The lowest BCUT2D eigenvalue weighted by atomic mass is 9.49. The molecule has 1 amide bonds. The Morgan fingerprint density at radius 1 is 1.21 bits per heavy atom. The minimum atomic E-state index is -0.312. The lowest BCUT2D eigenvalue weighted by Crippen LogP contribution is -2.50. The van der Waals surface area contributed by atoms with E-state index in [0.717, 1.165) is 75.3 Å². The molecule has 0 radical (unpaired) electrons. The van der Waals surface area contributed by atoms with Crippen LogP contribution in [0.1, 0.15) is 74.0 Å². The summed E-state index contributed by atoms with van der Waals surface area (Å²) < 4.78 is 5.38. The highest BCUT2D eigenvalue weighted by molar-refractivity contribution is 5.93. The Morgan fingerprint density at radius 2 is 1.93 bits per heavy atom. The van der Waals surface area contributed by atoms with E-state index in [2.05, 4.69) is 15.3 Å². The van der Waals surface area contributed by atoms with Gasteiger partial charge in [-0.25, -0.2) is 4.98 Å². The first kappa shape index (κ1) is 18.3. The number of aromatic amines is 1. The number of aromatic nitrogens is 2. The first-order valence-corrected chi connectivity index (χ1v) is 11.1. The van der Waals surface area contributed by atoms with E-state index in [1.165, 1.54) is 25.5 Å². The Hall–Kier alpha value is -1.69. The standard InChI is InChI=1S/C22H31N3O3/c26-19(23-4-1-2-14-3-5-28-13-14)18-12-24-21(25-20(18)27)22-9-15-6-16(10-22)8-17(7-15)11-22/h12,14-17H,1-11,13H2,(H,23,26)(H,24,25,27)/t14-,15?,16?,17?,22?/m0/s1. The second-order valence-corrected chi connectivity index (χ2v) is 9.80. The monoisotopic (exact) mass is 385 g/mol. The maximum Gasteiger partial charge on any atom is 0.263 e. The molecule has 1 aromatic rings. The number of hydrogen-bond acceptors (Lipinski definition) is 4. The van der Waals surface area contributed by atoms with Crippen molar-refractivity contribution in [3.05, 3.63) is 27.9 Å². The van der Waals surface area contributed by atoms with Gasteiger partial charge in [-0.05, 0) is 81.5 Å². The molecule has 4 saturated carbocycles. The van der Waals surface area contributed by atoms with Crippen LogP contribution in [-0.4, -0.2) is 35.6 Å². The molecule has 1 saturated heterocycles. The van der Waals surface area contributed by atoms with E-state index in [0.29, 0.717) is 12.5 Å². The highest BCUT2D eigenvalue weighted by atomic mass is 16.5. The molecule has 2 heterocycles. The number of H-pyrrole nitrogens is 1. The van der Waals surface area contributed by atoms with Gasteiger partial charge in [0.2, 0.25) is 0 Å². The van der Waals surface area contributed by atoms with E-state index in [1.54, 1.807) is 0 Å². The smallest absolute Gasteiger partial charge is 0.263 e. The quantitative estimate of drug-likeness (QED) is 0.738. The largest absolute Gasteiger partial charge is 0.381 e. The molecule has 0 unspecified atom stereocenters. The topological polar surface area (TPSA) is 84.1 Å². The van der Waals surface area contributed by atoms with E-state index in [4.69, 9.17) is 4.74 Å². The van der Waals surface area contributed by atoms with Crippen molar-refractivity contribution >= 4 is 5.91 Å². The first-order chi connectivity index (χ1) is 13.6. The van der Waals surface area contributed by atoms with Crippen molar-refractivity contribution in [2.75, 3.05) is 19.8 Å². The fourth-order valence-electron chi connectivity index (χ4n) is 6.73. The van der Waals surface area contributed by atoms with Crippen LogP contribution in [0.25, 0.3) is 0 Å². The summed E-state index contributed by atoms with van der Waals surface area (Å²) in [5.74, 6) is 3.52. The summed E-state index contributed by atoms with van der Waals surface area (Å²) in [6.45, 7) is 2.28. The number of rotatable bonds is 6. The van der Waals surface area contributed by atoms with Crippen LogP contribution in [-0.2, 0) is 10.2 Å². The number of nitrogens with one attached hydrogen (secondary N) is 2. The summed E-state index contributed by atoms with van der Waals surface area (Å²) in [6, 6.07) is 0. The number of ether oxygens (including phenoxy) is 1. The molecule has 6 heteroatoms. The average molecular weight is 386 g/mol. The molecule has 6 nitrogen and oxygen atoms in total. The summed E-state index contributed by atoms with van der Waals surface area (Å²) in [5.41, 5.74) is -0.105. The molecule has 28 heavy (non-hydrogen) atoms. The molecule has 1 atom stereocenters. The predicted octanol–water partition coefficient (Wildman–Crippen LogP) is 2.78. The van der Waals surface area contributed by atoms with Gasteiger partial charge in [0.1, 0.15) is 11.4 Å². The lowest BCUT2D eigenvalue weighted by molar-refractivity contribution is -0.00953. The Balaban J connectivity index is 1.22. The van der Waals surface area contributed by atoms with Crippen molar-refractivity contribution in [1.29, 1.82) is 0 Å². The number of carbonyl (C=O) groups is 1. The van der Waals surface area contributed by atoms with Crippen LogP contribution in [0.3, 0.4) is 0 Å². The molecular weight excluding hydrogens is 354 g/mol. The second kappa shape index (κ2) is 7.29. The van der Waals surface area contributed by atoms with Gasteiger partial charge in [0.05, 0.1) is 0 Å². The molecule has 4 bridgehead atoms. The number of carbonyl (C=O) groups excluding carboxylic acids is 1. The fourth-order valence-corrected chi connectivity index (χ4v) is 6.73. The van der Waals surface area contributed by atoms with Crippen LogP contribution in [0.5, 0.6) is 0 Å². The van der Waals surface area contributed by atoms with Gasteiger partial charge in [0.25, 0.3) is 11.5 Å². The van der Waals surface area contributed by atoms with Gasteiger partial charge in [0.15, 0.2) is 0 Å². The molecule has 1 aliphatic heterocycles. The second-order valence-electron chi connectivity index (χ2n) is 9.80. The number of amides is 1. The molecule has 6 rings (SSSR count). The molecule has 4 aliphatic carbocycles. The lowest BCUT2D eigenvalue weighted by Gasteiger charge is -2.56. The zero-order valence-corrected chi connectivity index (χ0v) is 16.5. The third-order valence-electron chi connectivity index (χ3n) is 7.68. The van der Waals surface area contributed by atoms with Gasteiger partial charge in [-0.1, -0.05) is 0 Å². The zero-order chi connectivity index (χ0) is 19.1. The Morgan fingerprint density at radius 3 is 2.54 bits per heavy atom. The molecule has 5 aliphatic rings. The van der Waals surface area contributed by atoms with Crippen LogP contribution in [0.2, 0.25) is 0 Å². The SMILES string of the molecule is O=C(NCCC[C@H]1CCOC1)c1cnc(C23CC4CC(CC(C4)C2)C3)[nH]c1=O. The molecule has 2 N–H and O–H groups in total. The van der Waals surface area contributed by atoms with Crippen LogP contribution in [0.4, 0.5) is 0 Å². The Labute approximate surface area is 165 Å². The highest BCUT2D eigenvalue weighted by Gasteiger charge is 2.52. The summed E-state index contributed by atoms with van der Waals surface area (Å²) in [5, 5.41) is 2.88. The zero-order valence-electron chi connectivity index (χ0n) is 16.5. The molecule has 152 valence electrons. The van der Waals surface area contributed by atoms with E-state index in [9.17, 15) is 9.59 Å². The van der Waals surface area contributed by atoms with Crippen molar-refractivity contribution in [2.45, 2.75) is 63.2 Å². The van der Waals surface area contributed by atoms with Crippen molar-refractivity contribution in [2.24, 2.45) is 23.7 Å². The minimum Gasteiger partial charge on any atom is -0.381 e.